The van der Waals surface area contributed by atoms with Gasteiger partial charge in [0.2, 0.25) is 5.71 Å². The van der Waals surface area contributed by atoms with Crippen molar-refractivity contribution in [1.29, 1.82) is 0 Å². The largest absolute Gasteiger partial charge is 0.504 e. The number of nitrogens with zero attached hydrogens (tertiary/aromatic N) is 1. The third-order valence-electron chi connectivity index (χ3n) is 1.56. The molecule has 0 aromatic carbocycles. The van der Waals surface area contributed by atoms with Crippen LogP contribution in [0.4, 0.5) is 0 Å². The van der Waals surface area contributed by atoms with E-state index >= 15 is 0 Å². The molecule has 1 N–H and O–H groups in total. The van der Waals surface area contributed by atoms with Crippen molar-refractivity contribution < 1.29 is 9.52 Å². The number of hydrogen-bond acceptors (Lipinski definition) is 3. The maximum absolute atomic E-state index is 9.17. The summed E-state index contributed by atoms with van der Waals surface area (Å²) in [4.78, 5) is 4.07. The van der Waals surface area contributed by atoms with Crippen LogP contribution in [-0.4, -0.2) is 10.1 Å². The van der Waals surface area contributed by atoms with Gasteiger partial charge in [-0.3, -0.25) is 0 Å². The minimum Gasteiger partial charge on any atom is -0.504 e. The predicted octanol–water partition coefficient (Wildman–Crippen LogP) is 1.84. The van der Waals surface area contributed by atoms with Gasteiger partial charge < -0.3 is 9.52 Å². The highest BCUT2D eigenvalue weighted by Gasteiger charge is 2.03. The summed E-state index contributed by atoms with van der Waals surface area (Å²) >= 11 is 0. The quantitative estimate of drug-likeness (QED) is 0.621. The van der Waals surface area contributed by atoms with Crippen molar-refractivity contribution in [1.82, 2.24) is 4.98 Å². The number of hydrogen-bond donors (Lipinski definition) is 1. The number of fused-ring (bicyclic) bond motifs is 1. The van der Waals surface area contributed by atoms with Crippen LogP contribution in [0.5, 0.6) is 5.75 Å². The SMILES string of the molecule is Cc1ccc2c(O)coc2n1. The zero-order valence-electron chi connectivity index (χ0n) is 6.03. The van der Waals surface area contributed by atoms with Crippen LogP contribution in [0.1, 0.15) is 5.69 Å². The van der Waals surface area contributed by atoms with Gasteiger partial charge in [-0.25, -0.2) is 4.98 Å². The molecule has 2 aromatic rings. The van der Waals surface area contributed by atoms with Crippen molar-refractivity contribution in [2.24, 2.45) is 0 Å². The minimum atomic E-state index is 0.146. The van der Waals surface area contributed by atoms with E-state index in [9.17, 15) is 0 Å². The highest BCUT2D eigenvalue weighted by Crippen LogP contribution is 2.24. The van der Waals surface area contributed by atoms with Gasteiger partial charge in [0.15, 0.2) is 5.75 Å². The zero-order valence-corrected chi connectivity index (χ0v) is 6.03. The topological polar surface area (TPSA) is 46.3 Å². The molecule has 0 amide bonds. The van der Waals surface area contributed by atoms with E-state index in [-0.39, 0.29) is 5.75 Å². The van der Waals surface area contributed by atoms with E-state index in [0.29, 0.717) is 11.1 Å². The van der Waals surface area contributed by atoms with E-state index < -0.39 is 0 Å². The summed E-state index contributed by atoms with van der Waals surface area (Å²) in [5, 5.41) is 9.83. The van der Waals surface area contributed by atoms with Gasteiger partial charge in [0.25, 0.3) is 0 Å². The number of aromatic hydroxyl groups is 1. The van der Waals surface area contributed by atoms with Crippen molar-refractivity contribution >= 4 is 11.1 Å². The Morgan fingerprint density at radius 3 is 3.09 bits per heavy atom. The Labute approximate surface area is 63.3 Å². The smallest absolute Gasteiger partial charge is 0.230 e. The Morgan fingerprint density at radius 1 is 1.45 bits per heavy atom. The van der Waals surface area contributed by atoms with Crippen molar-refractivity contribution in [3.8, 4) is 5.75 Å². The van der Waals surface area contributed by atoms with E-state index in [0.717, 1.165) is 5.69 Å². The molecular weight excluding hydrogens is 142 g/mol. The molecule has 0 unspecified atom stereocenters. The monoisotopic (exact) mass is 149 g/mol. The predicted molar refractivity (Wildman–Crippen MR) is 40.4 cm³/mol. The molecule has 0 bridgehead atoms. The summed E-state index contributed by atoms with van der Waals surface area (Å²) in [5.41, 5.74) is 1.37. The molecule has 56 valence electrons. The van der Waals surface area contributed by atoms with Crippen molar-refractivity contribution in [3.63, 3.8) is 0 Å². The minimum absolute atomic E-state index is 0.146. The van der Waals surface area contributed by atoms with Crippen molar-refractivity contribution in [3.05, 3.63) is 24.1 Å². The number of aryl methyl sites for hydroxylation is 1. The zero-order chi connectivity index (χ0) is 7.84. The lowest BCUT2D eigenvalue weighted by Gasteiger charge is -1.89. The molecule has 0 radical (unpaired) electrons. The molecule has 0 spiro atoms. The molecule has 0 atom stereocenters. The first-order chi connectivity index (χ1) is 5.27. The Bertz CT molecular complexity index is 392. The first kappa shape index (κ1) is 6.22. The molecule has 0 aliphatic carbocycles. The normalized spacial score (nSPS) is 10.6. The molecule has 2 heterocycles. The maximum atomic E-state index is 9.17. The summed E-state index contributed by atoms with van der Waals surface area (Å²) < 4.78 is 4.97. The number of furan rings is 1. The summed E-state index contributed by atoms with van der Waals surface area (Å²) in [5.74, 6) is 0.146. The number of aromatic nitrogens is 1. The van der Waals surface area contributed by atoms with Crippen molar-refractivity contribution in [2.45, 2.75) is 6.92 Å². The Hall–Kier alpha value is -1.51. The first-order valence-corrected chi connectivity index (χ1v) is 3.31. The Balaban J connectivity index is 2.86. The van der Waals surface area contributed by atoms with E-state index in [4.69, 9.17) is 9.52 Å². The van der Waals surface area contributed by atoms with Gasteiger partial charge in [-0.1, -0.05) is 0 Å². The van der Waals surface area contributed by atoms with Gasteiger partial charge in [-0.15, -0.1) is 0 Å². The van der Waals surface area contributed by atoms with Gasteiger partial charge in [-0.2, -0.15) is 0 Å². The number of pyridine rings is 1. The second-order valence-corrected chi connectivity index (χ2v) is 2.43. The second-order valence-electron chi connectivity index (χ2n) is 2.43. The van der Waals surface area contributed by atoms with E-state index in [1.165, 1.54) is 6.26 Å². The first-order valence-electron chi connectivity index (χ1n) is 3.31. The van der Waals surface area contributed by atoms with E-state index in [2.05, 4.69) is 4.98 Å². The number of rotatable bonds is 0. The summed E-state index contributed by atoms with van der Waals surface area (Å²) in [6.07, 6.45) is 1.29. The standard InChI is InChI=1S/C8H7NO2/c1-5-2-3-6-7(10)4-11-8(6)9-5/h2-4,10H,1H3. The van der Waals surface area contributed by atoms with Crippen LogP contribution in [0, 0.1) is 6.92 Å². The van der Waals surface area contributed by atoms with Crippen LogP contribution in [0.2, 0.25) is 0 Å². The van der Waals surface area contributed by atoms with Crippen LogP contribution < -0.4 is 0 Å². The lowest BCUT2D eigenvalue weighted by molar-refractivity contribution is 0.464. The maximum Gasteiger partial charge on any atom is 0.230 e. The molecule has 2 rings (SSSR count). The molecule has 0 fully saturated rings. The highest BCUT2D eigenvalue weighted by molar-refractivity contribution is 5.80. The molecule has 3 nitrogen and oxygen atoms in total. The van der Waals surface area contributed by atoms with E-state index in [1.54, 1.807) is 6.07 Å². The lowest BCUT2D eigenvalue weighted by atomic mass is 10.3. The second kappa shape index (κ2) is 1.99. The lowest BCUT2D eigenvalue weighted by Crippen LogP contribution is -1.77. The summed E-state index contributed by atoms with van der Waals surface area (Å²) in [7, 11) is 0. The van der Waals surface area contributed by atoms with Crippen LogP contribution >= 0.6 is 0 Å². The highest BCUT2D eigenvalue weighted by atomic mass is 16.4. The fourth-order valence-electron chi connectivity index (χ4n) is 0.993. The van der Waals surface area contributed by atoms with Crippen LogP contribution in [0.15, 0.2) is 22.8 Å². The van der Waals surface area contributed by atoms with Crippen LogP contribution in [0.3, 0.4) is 0 Å². The summed E-state index contributed by atoms with van der Waals surface area (Å²) in [6.45, 7) is 1.87. The van der Waals surface area contributed by atoms with Gasteiger partial charge in [-0.05, 0) is 19.1 Å². The molecule has 0 aliphatic rings. The van der Waals surface area contributed by atoms with Gasteiger partial charge in [0.05, 0.1) is 5.39 Å². The third kappa shape index (κ3) is 0.852. The molecular formula is C8H7NO2. The Morgan fingerprint density at radius 2 is 2.27 bits per heavy atom. The molecule has 0 saturated carbocycles. The van der Waals surface area contributed by atoms with Gasteiger partial charge in [0.1, 0.15) is 6.26 Å². The van der Waals surface area contributed by atoms with E-state index in [1.807, 2.05) is 13.0 Å². The molecule has 0 saturated heterocycles. The van der Waals surface area contributed by atoms with Crippen molar-refractivity contribution in [2.75, 3.05) is 0 Å². The third-order valence-corrected chi connectivity index (χ3v) is 1.56. The average molecular weight is 149 g/mol. The molecule has 3 heteroatoms. The fourth-order valence-corrected chi connectivity index (χ4v) is 0.993. The van der Waals surface area contributed by atoms with Gasteiger partial charge in [0, 0.05) is 5.69 Å². The van der Waals surface area contributed by atoms with Crippen LogP contribution in [0.25, 0.3) is 11.1 Å². The Kier molecular flexibility index (Phi) is 1.12. The fraction of sp³-hybridized carbons (Fsp3) is 0.125. The molecule has 0 aliphatic heterocycles. The average Bonchev–Trinajstić information content (AvgIpc) is 2.32. The molecule has 2 aromatic heterocycles. The van der Waals surface area contributed by atoms with Gasteiger partial charge >= 0.3 is 0 Å². The molecule has 11 heavy (non-hydrogen) atoms. The van der Waals surface area contributed by atoms with Crippen LogP contribution in [-0.2, 0) is 0 Å². The summed E-state index contributed by atoms with van der Waals surface area (Å²) in [6, 6.07) is 3.62.